The number of ether oxygens (including phenoxy) is 1. The van der Waals surface area contributed by atoms with Crippen molar-refractivity contribution in [3.8, 4) is 10.4 Å². The van der Waals surface area contributed by atoms with Crippen LogP contribution in [-0.2, 0) is 11.2 Å². The van der Waals surface area contributed by atoms with E-state index in [1.807, 2.05) is 30.3 Å². The summed E-state index contributed by atoms with van der Waals surface area (Å²) in [6, 6.07) is 14.1. The van der Waals surface area contributed by atoms with Gasteiger partial charge in [0, 0.05) is 12.6 Å². The van der Waals surface area contributed by atoms with Gasteiger partial charge in [-0.05, 0) is 28.8 Å². The Morgan fingerprint density at radius 1 is 1.00 bits per heavy atom. The van der Waals surface area contributed by atoms with Crippen LogP contribution in [0.15, 0.2) is 54.7 Å². The van der Waals surface area contributed by atoms with Crippen LogP contribution in [0.25, 0.3) is 10.4 Å². The molecule has 0 radical (unpaired) electrons. The third-order valence-electron chi connectivity index (χ3n) is 5.24. The SMILES string of the molecule is OC[C@H]1O[C@@H](c2ccc(F)c(Cc3ncc(-c4ccccc4)s3)c2)[C@H](O)[C@@H](O)[C@@H]1O. The fraction of sp³-hybridized carbons (Fsp3) is 0.318. The second-order valence-electron chi connectivity index (χ2n) is 7.26. The number of thiazole rings is 1. The molecule has 3 aromatic rings. The Bertz CT molecular complexity index is 996. The molecule has 5 atom stereocenters. The van der Waals surface area contributed by atoms with Crippen LogP contribution >= 0.6 is 11.3 Å². The summed E-state index contributed by atoms with van der Waals surface area (Å²) in [4.78, 5) is 5.38. The van der Waals surface area contributed by atoms with Gasteiger partial charge < -0.3 is 25.2 Å². The lowest BCUT2D eigenvalue weighted by molar-refractivity contribution is -0.231. The summed E-state index contributed by atoms with van der Waals surface area (Å²) >= 11 is 1.47. The monoisotopic (exact) mass is 431 g/mol. The Balaban J connectivity index is 1.57. The van der Waals surface area contributed by atoms with Gasteiger partial charge >= 0.3 is 0 Å². The van der Waals surface area contributed by atoms with Gasteiger partial charge in [-0.2, -0.15) is 0 Å². The number of aromatic nitrogens is 1. The highest BCUT2D eigenvalue weighted by Gasteiger charge is 2.44. The Hall–Kier alpha value is -2.20. The summed E-state index contributed by atoms with van der Waals surface area (Å²) in [7, 11) is 0. The maximum Gasteiger partial charge on any atom is 0.126 e. The number of benzene rings is 2. The summed E-state index contributed by atoms with van der Waals surface area (Å²) in [6.07, 6.45) is -4.34. The van der Waals surface area contributed by atoms with Gasteiger partial charge in [0.2, 0.25) is 0 Å². The van der Waals surface area contributed by atoms with Crippen molar-refractivity contribution < 1.29 is 29.6 Å². The molecule has 0 spiro atoms. The Morgan fingerprint density at radius 2 is 1.77 bits per heavy atom. The molecule has 0 amide bonds. The number of halogens is 1. The van der Waals surface area contributed by atoms with Gasteiger partial charge in [-0.25, -0.2) is 9.37 Å². The normalized spacial score (nSPS) is 26.6. The van der Waals surface area contributed by atoms with E-state index in [0.29, 0.717) is 11.1 Å². The molecule has 1 fully saturated rings. The molecule has 158 valence electrons. The van der Waals surface area contributed by atoms with Gasteiger partial charge in [-0.15, -0.1) is 11.3 Å². The van der Waals surface area contributed by atoms with Crippen LogP contribution in [0.2, 0.25) is 0 Å². The van der Waals surface area contributed by atoms with Crippen molar-refractivity contribution in [3.63, 3.8) is 0 Å². The Labute approximate surface area is 176 Å². The summed E-state index contributed by atoms with van der Waals surface area (Å²) in [5.74, 6) is -0.417. The van der Waals surface area contributed by atoms with E-state index in [1.54, 1.807) is 12.3 Å². The van der Waals surface area contributed by atoms with Crippen molar-refractivity contribution in [3.05, 3.63) is 76.7 Å². The van der Waals surface area contributed by atoms with E-state index in [1.165, 1.54) is 23.5 Å². The highest BCUT2D eigenvalue weighted by Crippen LogP contribution is 2.34. The molecule has 0 unspecified atom stereocenters. The molecule has 30 heavy (non-hydrogen) atoms. The van der Waals surface area contributed by atoms with Gasteiger partial charge in [0.1, 0.15) is 36.3 Å². The van der Waals surface area contributed by atoms with Crippen molar-refractivity contribution in [1.82, 2.24) is 4.98 Å². The lowest BCUT2D eigenvalue weighted by Gasteiger charge is -2.40. The first kappa shape index (κ1) is 21.0. The predicted molar refractivity (Wildman–Crippen MR) is 109 cm³/mol. The van der Waals surface area contributed by atoms with Gasteiger partial charge in [-0.1, -0.05) is 36.4 Å². The molecule has 1 aromatic heterocycles. The van der Waals surface area contributed by atoms with Gasteiger partial charge in [0.15, 0.2) is 0 Å². The van der Waals surface area contributed by atoms with E-state index in [9.17, 15) is 24.8 Å². The lowest BCUT2D eigenvalue weighted by Crippen LogP contribution is -2.55. The van der Waals surface area contributed by atoms with E-state index in [-0.39, 0.29) is 6.42 Å². The van der Waals surface area contributed by atoms with Crippen molar-refractivity contribution in [1.29, 1.82) is 0 Å². The Kier molecular flexibility index (Phi) is 6.24. The lowest BCUT2D eigenvalue weighted by atomic mass is 9.90. The highest BCUT2D eigenvalue weighted by molar-refractivity contribution is 7.15. The van der Waals surface area contributed by atoms with Gasteiger partial charge in [0.25, 0.3) is 0 Å². The minimum Gasteiger partial charge on any atom is -0.394 e. The van der Waals surface area contributed by atoms with Crippen LogP contribution in [0, 0.1) is 5.82 Å². The average Bonchev–Trinajstić information content (AvgIpc) is 3.23. The molecule has 0 saturated carbocycles. The average molecular weight is 431 g/mol. The second kappa shape index (κ2) is 8.89. The quantitative estimate of drug-likeness (QED) is 0.493. The first-order valence-corrected chi connectivity index (χ1v) is 10.4. The molecule has 4 N–H and O–H groups in total. The topological polar surface area (TPSA) is 103 Å². The Morgan fingerprint density at radius 3 is 2.50 bits per heavy atom. The summed E-state index contributed by atoms with van der Waals surface area (Å²) in [5, 5.41) is 40.4. The molecule has 4 rings (SSSR count). The van der Waals surface area contributed by atoms with Crippen LogP contribution in [0.3, 0.4) is 0 Å². The first-order chi connectivity index (χ1) is 14.5. The molecule has 0 bridgehead atoms. The number of rotatable bonds is 5. The van der Waals surface area contributed by atoms with E-state index in [2.05, 4.69) is 4.98 Å². The van der Waals surface area contributed by atoms with Crippen molar-refractivity contribution >= 4 is 11.3 Å². The number of aliphatic hydroxyl groups excluding tert-OH is 4. The molecule has 1 saturated heterocycles. The van der Waals surface area contributed by atoms with Crippen LogP contribution in [0.1, 0.15) is 22.2 Å². The van der Waals surface area contributed by atoms with Crippen LogP contribution in [0.5, 0.6) is 0 Å². The minimum atomic E-state index is -1.48. The molecule has 1 aliphatic rings. The summed E-state index contributed by atoms with van der Waals surface area (Å²) < 4.78 is 20.1. The van der Waals surface area contributed by atoms with Crippen LogP contribution < -0.4 is 0 Å². The number of aliphatic hydroxyl groups is 4. The second-order valence-corrected chi connectivity index (χ2v) is 8.38. The third kappa shape index (κ3) is 4.15. The number of nitrogens with zero attached hydrogens (tertiary/aromatic N) is 1. The number of hydrogen-bond donors (Lipinski definition) is 4. The van der Waals surface area contributed by atoms with E-state index in [0.717, 1.165) is 15.4 Å². The molecular weight excluding hydrogens is 409 g/mol. The summed E-state index contributed by atoms with van der Waals surface area (Å²) in [6.45, 7) is -0.517. The molecular formula is C22H22FNO5S. The van der Waals surface area contributed by atoms with Gasteiger partial charge in [-0.3, -0.25) is 0 Å². The minimum absolute atomic E-state index is 0.259. The molecule has 2 heterocycles. The highest BCUT2D eigenvalue weighted by atomic mass is 32.1. The van der Waals surface area contributed by atoms with Gasteiger partial charge in [0.05, 0.1) is 16.5 Å². The maximum atomic E-state index is 14.5. The standard InChI is InChI=1S/C22H22FNO5S/c23-15-7-6-13(22-21(28)20(27)19(26)16(11-25)29-22)8-14(15)9-18-24-10-17(30-18)12-4-2-1-3-5-12/h1-8,10,16,19-22,25-28H,9,11H2/t16-,19-,20+,21-,22+/m1/s1. The molecule has 0 aliphatic carbocycles. The zero-order valence-corrected chi connectivity index (χ0v) is 16.7. The fourth-order valence-electron chi connectivity index (χ4n) is 3.58. The fourth-order valence-corrected chi connectivity index (χ4v) is 4.52. The summed E-state index contributed by atoms with van der Waals surface area (Å²) in [5.41, 5.74) is 1.86. The molecule has 2 aromatic carbocycles. The number of hydrogen-bond acceptors (Lipinski definition) is 7. The van der Waals surface area contributed by atoms with Crippen LogP contribution in [-0.4, -0.2) is 56.4 Å². The largest absolute Gasteiger partial charge is 0.394 e. The van der Waals surface area contributed by atoms with E-state index < -0.39 is 42.9 Å². The molecule has 6 nitrogen and oxygen atoms in total. The first-order valence-electron chi connectivity index (χ1n) is 9.57. The predicted octanol–water partition coefficient (Wildman–Crippen LogP) is 2.05. The molecule has 8 heteroatoms. The van der Waals surface area contributed by atoms with Crippen molar-refractivity contribution in [2.75, 3.05) is 6.61 Å². The van der Waals surface area contributed by atoms with Crippen molar-refractivity contribution in [2.45, 2.75) is 36.9 Å². The maximum absolute atomic E-state index is 14.5. The zero-order chi connectivity index (χ0) is 21.3. The van der Waals surface area contributed by atoms with E-state index >= 15 is 0 Å². The molecule has 1 aliphatic heterocycles. The smallest absolute Gasteiger partial charge is 0.126 e. The third-order valence-corrected chi connectivity index (χ3v) is 6.29. The van der Waals surface area contributed by atoms with Crippen LogP contribution in [0.4, 0.5) is 4.39 Å². The van der Waals surface area contributed by atoms with E-state index in [4.69, 9.17) is 4.74 Å². The van der Waals surface area contributed by atoms with Crippen molar-refractivity contribution in [2.24, 2.45) is 0 Å². The zero-order valence-electron chi connectivity index (χ0n) is 15.9.